The van der Waals surface area contributed by atoms with Gasteiger partial charge in [0.2, 0.25) is 11.2 Å². The van der Waals surface area contributed by atoms with Crippen LogP contribution in [0.1, 0.15) is 23.2 Å². The standard InChI is InChI=1S/C22H21NO6/c1-26-16-8-9-18-19(11-16)28-13-20(21(18)24)29-15-6-4-14(5-7-15)22(25)23-12-17-3-2-10-27-17/h4-9,11,13,17H,2-3,10,12H2,1H3,(H,23,25). The van der Waals surface area contributed by atoms with Crippen molar-refractivity contribution in [3.63, 3.8) is 0 Å². The number of nitrogens with one attached hydrogen (secondary N) is 1. The first-order valence-corrected chi connectivity index (χ1v) is 9.41. The maximum atomic E-state index is 12.6. The van der Waals surface area contributed by atoms with Gasteiger partial charge in [-0.05, 0) is 49.2 Å². The molecule has 2 aromatic carbocycles. The van der Waals surface area contributed by atoms with E-state index in [1.807, 2.05) is 0 Å². The van der Waals surface area contributed by atoms with E-state index in [1.165, 1.54) is 6.26 Å². The van der Waals surface area contributed by atoms with Gasteiger partial charge in [0.1, 0.15) is 23.3 Å². The van der Waals surface area contributed by atoms with Crippen LogP contribution in [0.15, 0.2) is 57.9 Å². The highest BCUT2D eigenvalue weighted by molar-refractivity contribution is 5.94. The molecule has 0 saturated carbocycles. The second kappa shape index (κ2) is 8.36. The van der Waals surface area contributed by atoms with Crippen molar-refractivity contribution in [2.75, 3.05) is 20.3 Å². The van der Waals surface area contributed by atoms with Crippen LogP contribution in [0.2, 0.25) is 0 Å². The molecular formula is C22H21NO6. The molecule has 1 aliphatic heterocycles. The summed E-state index contributed by atoms with van der Waals surface area (Å²) < 4.78 is 21.8. The maximum absolute atomic E-state index is 12.6. The highest BCUT2D eigenvalue weighted by Crippen LogP contribution is 2.24. The monoisotopic (exact) mass is 395 g/mol. The van der Waals surface area contributed by atoms with Crippen molar-refractivity contribution in [3.8, 4) is 17.2 Å². The smallest absolute Gasteiger partial charge is 0.251 e. The van der Waals surface area contributed by atoms with Gasteiger partial charge in [-0.1, -0.05) is 0 Å². The molecule has 4 rings (SSSR count). The van der Waals surface area contributed by atoms with E-state index >= 15 is 0 Å². The first-order chi connectivity index (χ1) is 14.1. The molecule has 2 heterocycles. The van der Waals surface area contributed by atoms with Crippen molar-refractivity contribution >= 4 is 16.9 Å². The molecule has 1 amide bonds. The van der Waals surface area contributed by atoms with Gasteiger partial charge in [0, 0.05) is 24.8 Å². The molecule has 1 saturated heterocycles. The zero-order valence-electron chi connectivity index (χ0n) is 16.0. The van der Waals surface area contributed by atoms with Crippen molar-refractivity contribution in [2.24, 2.45) is 0 Å². The topological polar surface area (TPSA) is 87.0 Å². The van der Waals surface area contributed by atoms with Gasteiger partial charge in [-0.3, -0.25) is 9.59 Å². The molecule has 29 heavy (non-hydrogen) atoms. The number of carbonyl (C=O) groups is 1. The molecule has 150 valence electrons. The third-order valence-electron chi connectivity index (χ3n) is 4.81. The van der Waals surface area contributed by atoms with Crippen LogP contribution in [0, 0.1) is 0 Å². The van der Waals surface area contributed by atoms with Gasteiger partial charge in [-0.15, -0.1) is 0 Å². The minimum absolute atomic E-state index is 0.0678. The first kappa shape index (κ1) is 19.0. The van der Waals surface area contributed by atoms with Gasteiger partial charge in [0.05, 0.1) is 18.6 Å². The lowest BCUT2D eigenvalue weighted by atomic mass is 10.2. The van der Waals surface area contributed by atoms with E-state index in [9.17, 15) is 9.59 Å². The van der Waals surface area contributed by atoms with Gasteiger partial charge in [-0.2, -0.15) is 0 Å². The molecule has 1 fully saturated rings. The van der Waals surface area contributed by atoms with E-state index < -0.39 is 0 Å². The van der Waals surface area contributed by atoms with Crippen LogP contribution >= 0.6 is 0 Å². The fraction of sp³-hybridized carbons (Fsp3) is 0.273. The van der Waals surface area contributed by atoms with Crippen LogP contribution in [-0.4, -0.2) is 32.3 Å². The zero-order valence-corrected chi connectivity index (χ0v) is 16.0. The molecule has 1 N–H and O–H groups in total. The Hall–Kier alpha value is -3.32. The lowest BCUT2D eigenvalue weighted by Gasteiger charge is -2.11. The minimum Gasteiger partial charge on any atom is -0.497 e. The Balaban J connectivity index is 1.45. The Morgan fingerprint density at radius 1 is 1.17 bits per heavy atom. The van der Waals surface area contributed by atoms with Crippen LogP contribution < -0.4 is 20.2 Å². The largest absolute Gasteiger partial charge is 0.497 e. The lowest BCUT2D eigenvalue weighted by molar-refractivity contribution is 0.0858. The van der Waals surface area contributed by atoms with E-state index in [0.29, 0.717) is 34.6 Å². The number of hydrogen-bond donors (Lipinski definition) is 1. The SMILES string of the molecule is COc1ccc2c(=O)c(Oc3ccc(C(=O)NCC4CCCO4)cc3)coc2c1. The van der Waals surface area contributed by atoms with E-state index in [1.54, 1.807) is 49.6 Å². The summed E-state index contributed by atoms with van der Waals surface area (Å²) in [5.41, 5.74) is 0.639. The number of rotatable bonds is 6. The molecule has 3 aromatic rings. The molecule has 0 aliphatic carbocycles. The quantitative estimate of drug-likeness (QED) is 0.687. The fourth-order valence-electron chi connectivity index (χ4n) is 3.20. The summed E-state index contributed by atoms with van der Waals surface area (Å²) in [6.45, 7) is 1.25. The van der Waals surface area contributed by atoms with Crippen molar-refractivity contribution < 1.29 is 23.4 Å². The van der Waals surface area contributed by atoms with Crippen molar-refractivity contribution in [3.05, 3.63) is 64.5 Å². The molecule has 1 atom stereocenters. The summed E-state index contributed by atoms with van der Waals surface area (Å²) in [5.74, 6) is 0.924. The number of fused-ring (bicyclic) bond motifs is 1. The Morgan fingerprint density at radius 3 is 2.69 bits per heavy atom. The predicted octanol–water partition coefficient (Wildman–Crippen LogP) is 3.50. The number of ether oxygens (including phenoxy) is 3. The molecule has 0 spiro atoms. The Kier molecular flexibility index (Phi) is 5.48. The molecule has 0 bridgehead atoms. The molecule has 1 aliphatic rings. The van der Waals surface area contributed by atoms with Gasteiger partial charge in [-0.25, -0.2) is 0 Å². The summed E-state index contributed by atoms with van der Waals surface area (Å²) in [7, 11) is 1.54. The third kappa shape index (κ3) is 4.25. The van der Waals surface area contributed by atoms with E-state index in [2.05, 4.69) is 5.32 Å². The number of hydrogen-bond acceptors (Lipinski definition) is 6. The minimum atomic E-state index is -0.285. The second-order valence-corrected chi connectivity index (χ2v) is 6.76. The fourth-order valence-corrected chi connectivity index (χ4v) is 3.20. The van der Waals surface area contributed by atoms with Gasteiger partial charge in [0.15, 0.2) is 0 Å². The Morgan fingerprint density at radius 2 is 1.97 bits per heavy atom. The highest BCUT2D eigenvalue weighted by Gasteiger charge is 2.17. The van der Waals surface area contributed by atoms with Gasteiger partial charge < -0.3 is 23.9 Å². The average Bonchev–Trinajstić information content (AvgIpc) is 3.28. The molecule has 7 nitrogen and oxygen atoms in total. The van der Waals surface area contributed by atoms with E-state index in [0.717, 1.165) is 19.4 Å². The van der Waals surface area contributed by atoms with Crippen LogP contribution in [0.5, 0.6) is 17.2 Å². The Labute approximate surface area is 167 Å². The van der Waals surface area contributed by atoms with Crippen LogP contribution in [0.3, 0.4) is 0 Å². The van der Waals surface area contributed by atoms with Gasteiger partial charge in [0.25, 0.3) is 5.91 Å². The molecule has 0 radical (unpaired) electrons. The highest BCUT2D eigenvalue weighted by atomic mass is 16.5. The van der Waals surface area contributed by atoms with Crippen LogP contribution in [-0.2, 0) is 4.74 Å². The molecule has 1 unspecified atom stereocenters. The maximum Gasteiger partial charge on any atom is 0.251 e. The van der Waals surface area contributed by atoms with Crippen LogP contribution in [0.25, 0.3) is 11.0 Å². The molecular weight excluding hydrogens is 374 g/mol. The van der Waals surface area contributed by atoms with E-state index in [4.69, 9.17) is 18.6 Å². The summed E-state index contributed by atoms with van der Waals surface area (Å²) in [6, 6.07) is 11.5. The predicted molar refractivity (Wildman–Crippen MR) is 107 cm³/mol. The lowest BCUT2D eigenvalue weighted by Crippen LogP contribution is -2.31. The van der Waals surface area contributed by atoms with Crippen molar-refractivity contribution in [1.82, 2.24) is 5.32 Å². The first-order valence-electron chi connectivity index (χ1n) is 9.41. The van der Waals surface area contributed by atoms with Crippen molar-refractivity contribution in [1.29, 1.82) is 0 Å². The average molecular weight is 395 g/mol. The Bertz CT molecular complexity index is 1070. The normalized spacial score (nSPS) is 16.0. The summed E-state index contributed by atoms with van der Waals surface area (Å²) in [6.07, 6.45) is 3.36. The molecule has 1 aromatic heterocycles. The summed E-state index contributed by atoms with van der Waals surface area (Å²) in [5, 5.41) is 3.27. The van der Waals surface area contributed by atoms with Gasteiger partial charge >= 0.3 is 0 Å². The number of amides is 1. The number of methoxy groups -OCH3 is 1. The summed E-state index contributed by atoms with van der Waals surface area (Å²) in [4.78, 5) is 24.9. The van der Waals surface area contributed by atoms with Crippen LogP contribution in [0.4, 0.5) is 0 Å². The zero-order chi connectivity index (χ0) is 20.2. The number of carbonyl (C=O) groups excluding carboxylic acids is 1. The second-order valence-electron chi connectivity index (χ2n) is 6.76. The van der Waals surface area contributed by atoms with Crippen molar-refractivity contribution in [2.45, 2.75) is 18.9 Å². The number of benzene rings is 2. The molecule has 7 heteroatoms. The third-order valence-corrected chi connectivity index (χ3v) is 4.81. The summed E-state index contributed by atoms with van der Waals surface area (Å²) >= 11 is 0. The van der Waals surface area contributed by atoms with E-state index in [-0.39, 0.29) is 23.2 Å².